The second kappa shape index (κ2) is 3.62. The van der Waals surface area contributed by atoms with E-state index in [0.29, 0.717) is 5.54 Å². The van der Waals surface area contributed by atoms with E-state index >= 15 is 0 Å². The van der Waals surface area contributed by atoms with Gasteiger partial charge < -0.3 is 0 Å². The summed E-state index contributed by atoms with van der Waals surface area (Å²) < 4.78 is 0. The van der Waals surface area contributed by atoms with Crippen molar-refractivity contribution < 1.29 is 0 Å². The van der Waals surface area contributed by atoms with Crippen LogP contribution in [0.1, 0.15) is 60.3 Å². The Labute approximate surface area is 94.5 Å². The number of allylic oxidation sites excluding steroid dienone is 1. The molecule has 0 aliphatic carbocycles. The molecule has 0 spiro atoms. The smallest absolute Gasteiger partial charge is 0.0141 e. The highest BCUT2D eigenvalue weighted by Gasteiger charge is 2.43. The van der Waals surface area contributed by atoms with Gasteiger partial charge in [-0.05, 0) is 60.3 Å². The topological polar surface area (TPSA) is 3.24 Å². The van der Waals surface area contributed by atoms with Crippen LogP contribution in [-0.4, -0.2) is 22.5 Å². The molecule has 0 aromatic heterocycles. The van der Waals surface area contributed by atoms with Crippen LogP contribution in [0.3, 0.4) is 0 Å². The third-order valence-electron chi connectivity index (χ3n) is 4.07. The second-order valence-electron chi connectivity index (χ2n) is 6.47. The van der Waals surface area contributed by atoms with Crippen molar-refractivity contribution in [1.82, 2.24) is 4.90 Å². The molecule has 86 valence electrons. The second-order valence-corrected chi connectivity index (χ2v) is 6.47. The fourth-order valence-electron chi connectivity index (χ4n) is 3.52. The van der Waals surface area contributed by atoms with Crippen LogP contribution in [-0.2, 0) is 0 Å². The lowest BCUT2D eigenvalue weighted by molar-refractivity contribution is 0.0598. The van der Waals surface area contributed by atoms with E-state index in [1.165, 1.54) is 25.7 Å². The van der Waals surface area contributed by atoms with E-state index in [2.05, 4.69) is 39.5 Å². The lowest BCUT2D eigenvalue weighted by Crippen LogP contribution is -2.51. The first kappa shape index (κ1) is 11.2. The molecule has 2 bridgehead atoms. The molecular weight excluding hydrogens is 182 g/mol. The number of nitrogens with zero attached hydrogens (tertiary/aromatic N) is 1. The molecule has 0 N–H and O–H groups in total. The molecule has 2 fully saturated rings. The van der Waals surface area contributed by atoms with Crippen LogP contribution >= 0.6 is 0 Å². The molecule has 15 heavy (non-hydrogen) atoms. The standard InChI is InChI=1S/C14H25N/c1-10(2)11-8-12-6-7-13(9-11)15(12)14(3,4)5/h12-13H,6-9H2,1-5H3. The summed E-state index contributed by atoms with van der Waals surface area (Å²) in [5, 5.41) is 0. The summed E-state index contributed by atoms with van der Waals surface area (Å²) in [6, 6.07) is 1.65. The van der Waals surface area contributed by atoms with E-state index in [-0.39, 0.29) is 0 Å². The molecule has 0 aromatic rings. The van der Waals surface area contributed by atoms with Crippen molar-refractivity contribution in [2.75, 3.05) is 0 Å². The van der Waals surface area contributed by atoms with Gasteiger partial charge in [0.05, 0.1) is 0 Å². The summed E-state index contributed by atoms with van der Waals surface area (Å²) in [5.74, 6) is 0. The summed E-state index contributed by atoms with van der Waals surface area (Å²) in [6.45, 7) is 11.7. The highest BCUT2D eigenvalue weighted by Crippen LogP contribution is 2.43. The zero-order valence-electron chi connectivity index (χ0n) is 10.9. The molecule has 2 rings (SSSR count). The molecule has 1 nitrogen and oxygen atoms in total. The van der Waals surface area contributed by atoms with Crippen LogP contribution in [0.15, 0.2) is 11.1 Å². The van der Waals surface area contributed by atoms with Gasteiger partial charge in [-0.3, -0.25) is 4.90 Å². The summed E-state index contributed by atoms with van der Waals surface area (Å²) in [6.07, 6.45) is 5.49. The largest absolute Gasteiger partial charge is 0.292 e. The van der Waals surface area contributed by atoms with Gasteiger partial charge in [-0.2, -0.15) is 0 Å². The Bertz CT molecular complexity index is 262. The summed E-state index contributed by atoms with van der Waals surface area (Å²) in [7, 11) is 0. The van der Waals surface area contributed by atoms with E-state index in [4.69, 9.17) is 0 Å². The van der Waals surface area contributed by atoms with Crippen molar-refractivity contribution in [3.8, 4) is 0 Å². The molecule has 2 saturated heterocycles. The number of hydrogen-bond acceptors (Lipinski definition) is 1. The Morgan fingerprint density at radius 2 is 1.53 bits per heavy atom. The van der Waals surface area contributed by atoms with E-state index < -0.39 is 0 Å². The van der Waals surface area contributed by atoms with Crippen LogP contribution in [0.2, 0.25) is 0 Å². The highest BCUT2D eigenvalue weighted by molar-refractivity contribution is 5.19. The predicted octanol–water partition coefficient (Wildman–Crippen LogP) is 3.75. The minimum absolute atomic E-state index is 0.360. The van der Waals surface area contributed by atoms with Crippen LogP contribution in [0, 0.1) is 0 Å². The SMILES string of the molecule is CC(C)=C1CC2CCC(C1)N2C(C)(C)C. The highest BCUT2D eigenvalue weighted by atomic mass is 15.3. The van der Waals surface area contributed by atoms with E-state index in [9.17, 15) is 0 Å². The van der Waals surface area contributed by atoms with Gasteiger partial charge in [-0.1, -0.05) is 11.1 Å². The first-order valence-electron chi connectivity index (χ1n) is 6.33. The molecule has 1 heteroatoms. The molecule has 2 aliphatic rings. The molecule has 2 heterocycles. The van der Waals surface area contributed by atoms with Crippen LogP contribution in [0.5, 0.6) is 0 Å². The third kappa shape index (κ3) is 1.99. The fourth-order valence-corrected chi connectivity index (χ4v) is 3.52. The van der Waals surface area contributed by atoms with Gasteiger partial charge in [-0.15, -0.1) is 0 Å². The van der Waals surface area contributed by atoms with Gasteiger partial charge >= 0.3 is 0 Å². The monoisotopic (exact) mass is 207 g/mol. The van der Waals surface area contributed by atoms with Gasteiger partial charge in [0.25, 0.3) is 0 Å². The molecule has 0 saturated carbocycles. The maximum atomic E-state index is 2.78. The predicted molar refractivity (Wildman–Crippen MR) is 66.0 cm³/mol. The Balaban J connectivity index is 2.21. The van der Waals surface area contributed by atoms with Crippen molar-refractivity contribution >= 4 is 0 Å². The quantitative estimate of drug-likeness (QED) is 0.547. The van der Waals surface area contributed by atoms with Crippen molar-refractivity contribution in [2.24, 2.45) is 0 Å². The van der Waals surface area contributed by atoms with Crippen molar-refractivity contribution in [3.63, 3.8) is 0 Å². The van der Waals surface area contributed by atoms with Gasteiger partial charge in [0.15, 0.2) is 0 Å². The average molecular weight is 207 g/mol. The number of hydrogen-bond donors (Lipinski definition) is 0. The van der Waals surface area contributed by atoms with Gasteiger partial charge in [-0.25, -0.2) is 0 Å². The zero-order chi connectivity index (χ0) is 11.2. The molecule has 2 unspecified atom stereocenters. The van der Waals surface area contributed by atoms with Gasteiger partial charge in [0.2, 0.25) is 0 Å². The Hall–Kier alpha value is -0.300. The lowest BCUT2D eigenvalue weighted by atomic mass is 9.89. The van der Waals surface area contributed by atoms with Gasteiger partial charge in [0.1, 0.15) is 0 Å². The molecule has 2 aliphatic heterocycles. The number of rotatable bonds is 0. The van der Waals surface area contributed by atoms with Crippen LogP contribution < -0.4 is 0 Å². The zero-order valence-corrected chi connectivity index (χ0v) is 10.9. The Morgan fingerprint density at radius 1 is 1.07 bits per heavy atom. The van der Waals surface area contributed by atoms with Crippen LogP contribution in [0.4, 0.5) is 0 Å². The van der Waals surface area contributed by atoms with Crippen molar-refractivity contribution in [1.29, 1.82) is 0 Å². The Kier molecular flexibility index (Phi) is 2.70. The molecule has 2 atom stereocenters. The molecule has 0 aromatic carbocycles. The van der Waals surface area contributed by atoms with E-state index in [0.717, 1.165) is 12.1 Å². The normalized spacial score (nSPS) is 32.2. The summed E-state index contributed by atoms with van der Waals surface area (Å²) in [5.41, 5.74) is 3.67. The fraction of sp³-hybridized carbons (Fsp3) is 0.857. The van der Waals surface area contributed by atoms with E-state index in [1.807, 2.05) is 0 Å². The third-order valence-corrected chi connectivity index (χ3v) is 4.07. The minimum atomic E-state index is 0.360. The maximum absolute atomic E-state index is 2.78. The van der Waals surface area contributed by atoms with Crippen molar-refractivity contribution in [2.45, 2.75) is 77.9 Å². The summed E-state index contributed by atoms with van der Waals surface area (Å²) in [4.78, 5) is 2.78. The number of fused-ring (bicyclic) bond motifs is 2. The lowest BCUT2D eigenvalue weighted by Gasteiger charge is -2.45. The minimum Gasteiger partial charge on any atom is -0.292 e. The van der Waals surface area contributed by atoms with Gasteiger partial charge in [0, 0.05) is 17.6 Å². The van der Waals surface area contributed by atoms with Crippen LogP contribution in [0.25, 0.3) is 0 Å². The van der Waals surface area contributed by atoms with E-state index in [1.54, 1.807) is 11.1 Å². The maximum Gasteiger partial charge on any atom is 0.0141 e. The summed E-state index contributed by atoms with van der Waals surface area (Å²) >= 11 is 0. The average Bonchev–Trinajstić information content (AvgIpc) is 2.37. The molecule has 0 amide bonds. The van der Waals surface area contributed by atoms with Crippen molar-refractivity contribution in [3.05, 3.63) is 11.1 Å². The Morgan fingerprint density at radius 3 is 1.87 bits per heavy atom. The molecular formula is C14H25N. The first-order valence-corrected chi connectivity index (χ1v) is 6.33. The molecule has 0 radical (unpaired) electrons. The first-order chi connectivity index (χ1) is 6.89. The number of piperidine rings is 1.